The number of fused-ring (bicyclic) bond motifs is 1. The van der Waals surface area contributed by atoms with Gasteiger partial charge in [-0.3, -0.25) is 14.0 Å². The molecule has 3 aromatic rings. The summed E-state index contributed by atoms with van der Waals surface area (Å²) in [4.78, 5) is 40.3. The topological polar surface area (TPSA) is 105 Å². The van der Waals surface area contributed by atoms with Crippen LogP contribution < -0.4 is 10.6 Å². The van der Waals surface area contributed by atoms with Crippen LogP contribution in [0.2, 0.25) is 0 Å². The lowest BCUT2D eigenvalue weighted by atomic mass is 10.2. The number of anilines is 1. The third kappa shape index (κ3) is 10.2. The zero-order valence-corrected chi connectivity index (χ0v) is 22.1. The first-order valence-electron chi connectivity index (χ1n) is 11.9. The van der Waals surface area contributed by atoms with Crippen LogP contribution in [0.3, 0.4) is 0 Å². The van der Waals surface area contributed by atoms with Gasteiger partial charge in [0.15, 0.2) is 10.8 Å². The zero-order chi connectivity index (χ0) is 26.1. The zero-order valence-electron chi connectivity index (χ0n) is 21.2. The Morgan fingerprint density at radius 3 is 2.29 bits per heavy atom. The van der Waals surface area contributed by atoms with E-state index in [-0.39, 0.29) is 12.5 Å². The number of alkyl carbamates (subject to hydrolysis) is 1. The van der Waals surface area contributed by atoms with E-state index in [9.17, 15) is 14.4 Å². The molecule has 0 unspecified atom stereocenters. The molecule has 1 fully saturated rings. The van der Waals surface area contributed by atoms with Crippen molar-refractivity contribution in [2.75, 3.05) is 32.1 Å². The molecule has 2 aromatic heterocycles. The average Bonchev–Trinajstić information content (AvgIpc) is 3.63. The number of carbonyl (C=O) groups is 3. The van der Waals surface area contributed by atoms with Gasteiger partial charge in [0.25, 0.3) is 0 Å². The van der Waals surface area contributed by atoms with Crippen LogP contribution in [0, 0.1) is 0 Å². The minimum atomic E-state index is -0.562. The molecule has 1 aliphatic rings. The van der Waals surface area contributed by atoms with E-state index in [1.165, 1.54) is 19.1 Å². The van der Waals surface area contributed by atoms with E-state index >= 15 is 0 Å². The van der Waals surface area contributed by atoms with E-state index in [0.29, 0.717) is 12.2 Å². The molecule has 0 saturated carbocycles. The molecule has 0 radical (unpaired) electrons. The number of amides is 3. The van der Waals surface area contributed by atoms with Crippen molar-refractivity contribution < 1.29 is 19.1 Å². The van der Waals surface area contributed by atoms with Gasteiger partial charge in [0.1, 0.15) is 6.54 Å². The van der Waals surface area contributed by atoms with Crippen molar-refractivity contribution in [1.82, 2.24) is 19.6 Å². The molecular formula is C25H37N5O4S. The van der Waals surface area contributed by atoms with E-state index in [1.807, 2.05) is 42.6 Å². The van der Waals surface area contributed by atoms with E-state index in [4.69, 9.17) is 0 Å². The van der Waals surface area contributed by atoms with Gasteiger partial charge in [-0.2, -0.15) is 0 Å². The average molecular weight is 504 g/mol. The van der Waals surface area contributed by atoms with Crippen molar-refractivity contribution in [2.45, 2.75) is 47.0 Å². The highest BCUT2D eigenvalue weighted by atomic mass is 32.1. The first kappa shape index (κ1) is 29.6. The number of benzene rings is 1. The monoisotopic (exact) mass is 503 g/mol. The molecule has 3 amide bonds. The Balaban J connectivity index is 0.000000304. The molecule has 0 spiro atoms. The molecule has 0 aliphatic carbocycles. The molecule has 192 valence electrons. The molecule has 0 atom stereocenters. The van der Waals surface area contributed by atoms with Crippen LogP contribution in [-0.2, 0) is 14.3 Å². The molecular weight excluding hydrogens is 466 g/mol. The summed E-state index contributed by atoms with van der Waals surface area (Å²) in [5.41, 5.74) is 1.17. The molecule has 1 aromatic carbocycles. The van der Waals surface area contributed by atoms with Crippen molar-refractivity contribution in [1.29, 1.82) is 0 Å². The van der Waals surface area contributed by atoms with Gasteiger partial charge in [-0.1, -0.05) is 75.8 Å². The van der Waals surface area contributed by atoms with Crippen molar-refractivity contribution in [3.63, 3.8) is 0 Å². The van der Waals surface area contributed by atoms with Crippen LogP contribution in [0.25, 0.3) is 15.4 Å². The second kappa shape index (κ2) is 17.1. The van der Waals surface area contributed by atoms with Gasteiger partial charge in [0.05, 0.1) is 18.2 Å². The molecule has 2 N–H and O–H groups in total. The van der Waals surface area contributed by atoms with Crippen LogP contribution in [0.1, 0.15) is 47.0 Å². The van der Waals surface area contributed by atoms with Gasteiger partial charge in [-0.05, 0) is 18.4 Å². The third-order valence-corrected chi connectivity index (χ3v) is 5.49. The maximum absolute atomic E-state index is 11.3. The van der Waals surface area contributed by atoms with Crippen molar-refractivity contribution in [2.24, 2.45) is 0 Å². The van der Waals surface area contributed by atoms with Gasteiger partial charge < -0.3 is 20.3 Å². The van der Waals surface area contributed by atoms with Crippen molar-refractivity contribution in [3.8, 4) is 10.4 Å². The molecule has 10 heteroatoms. The minimum Gasteiger partial charge on any atom is -0.453 e. The van der Waals surface area contributed by atoms with E-state index in [2.05, 4.69) is 46.3 Å². The number of aromatic nitrogens is 2. The van der Waals surface area contributed by atoms with Crippen LogP contribution in [-0.4, -0.2) is 59.4 Å². The van der Waals surface area contributed by atoms with Crippen LogP contribution in [0.15, 0.2) is 42.7 Å². The van der Waals surface area contributed by atoms with Crippen molar-refractivity contribution >= 4 is 40.5 Å². The first-order chi connectivity index (χ1) is 17.0. The molecule has 0 bridgehead atoms. The van der Waals surface area contributed by atoms with Gasteiger partial charge in [0, 0.05) is 19.3 Å². The summed E-state index contributed by atoms with van der Waals surface area (Å²) in [7, 11) is 1.27. The highest BCUT2D eigenvalue weighted by Crippen LogP contribution is 2.28. The Morgan fingerprint density at radius 1 is 1.11 bits per heavy atom. The van der Waals surface area contributed by atoms with Crippen molar-refractivity contribution in [3.05, 3.63) is 42.7 Å². The molecule has 4 rings (SSSR count). The Kier molecular flexibility index (Phi) is 14.5. The second-order valence-electron chi connectivity index (χ2n) is 7.18. The largest absolute Gasteiger partial charge is 0.453 e. The number of likely N-dealkylation sites (tertiary alicyclic amines) is 1. The van der Waals surface area contributed by atoms with Gasteiger partial charge >= 0.3 is 6.09 Å². The lowest BCUT2D eigenvalue weighted by Gasteiger charge is -2.14. The first-order valence-corrected chi connectivity index (χ1v) is 12.7. The Labute approximate surface area is 211 Å². The summed E-state index contributed by atoms with van der Waals surface area (Å²) in [6, 6.07) is 10.1. The molecule has 3 heterocycles. The predicted molar refractivity (Wildman–Crippen MR) is 142 cm³/mol. The molecule has 1 aliphatic heterocycles. The SMILES string of the molecule is CC.CCC.COC(=O)NCC(=O)N1CCCC1.O=CNc1cn2cc(-c3ccccc3)sc2n1. The summed E-state index contributed by atoms with van der Waals surface area (Å²) in [5, 5.41) is 4.89. The fourth-order valence-electron chi connectivity index (χ4n) is 2.96. The van der Waals surface area contributed by atoms with Crippen LogP contribution in [0.5, 0.6) is 0 Å². The number of rotatable bonds is 5. The van der Waals surface area contributed by atoms with Gasteiger partial charge in [-0.25, -0.2) is 9.78 Å². The number of imidazole rings is 1. The predicted octanol–water partition coefficient (Wildman–Crippen LogP) is 5.04. The summed E-state index contributed by atoms with van der Waals surface area (Å²) in [6.07, 6.45) is 7.25. The standard InChI is InChI=1S/C12H9N3OS.C8H14N2O3.C3H8.C2H6/c16-8-13-11-7-15-6-10(17-12(15)14-11)9-4-2-1-3-5-9;1-13-8(12)9-6-7(11)10-4-2-3-5-10;1-3-2;1-2/h1-8H,(H,13,16);2-6H2,1H3,(H,9,12);3H2,1-2H3;1-2H3. The number of ether oxygens (including phenoxy) is 1. The number of methoxy groups -OCH3 is 1. The lowest BCUT2D eigenvalue weighted by molar-refractivity contribution is -0.129. The van der Waals surface area contributed by atoms with Crippen LogP contribution in [0.4, 0.5) is 10.6 Å². The quantitative estimate of drug-likeness (QED) is 0.475. The highest BCUT2D eigenvalue weighted by Gasteiger charge is 2.17. The van der Waals surface area contributed by atoms with Crippen LogP contribution >= 0.6 is 11.3 Å². The summed E-state index contributed by atoms with van der Waals surface area (Å²) < 4.78 is 6.26. The lowest BCUT2D eigenvalue weighted by Crippen LogP contribution is -2.38. The normalized spacial score (nSPS) is 11.6. The fraction of sp³-hybridized carbons (Fsp3) is 0.440. The highest BCUT2D eigenvalue weighted by molar-refractivity contribution is 7.20. The van der Waals surface area contributed by atoms with E-state index in [1.54, 1.807) is 22.4 Å². The molecule has 9 nitrogen and oxygen atoms in total. The minimum absolute atomic E-state index is 0.0344. The summed E-state index contributed by atoms with van der Waals surface area (Å²) in [6.45, 7) is 9.90. The third-order valence-electron chi connectivity index (χ3n) is 4.45. The maximum Gasteiger partial charge on any atom is 0.407 e. The maximum atomic E-state index is 11.3. The summed E-state index contributed by atoms with van der Waals surface area (Å²) >= 11 is 1.59. The number of nitrogens with one attached hydrogen (secondary N) is 2. The van der Waals surface area contributed by atoms with Gasteiger partial charge in [-0.15, -0.1) is 0 Å². The van der Waals surface area contributed by atoms with E-state index in [0.717, 1.165) is 35.8 Å². The fourth-order valence-corrected chi connectivity index (χ4v) is 3.93. The van der Waals surface area contributed by atoms with E-state index < -0.39 is 6.09 Å². The number of carbonyl (C=O) groups excluding carboxylic acids is 3. The van der Waals surface area contributed by atoms with Gasteiger partial charge in [0.2, 0.25) is 12.3 Å². The smallest absolute Gasteiger partial charge is 0.407 e. The Hall–Kier alpha value is -3.40. The second-order valence-corrected chi connectivity index (χ2v) is 8.19. The number of hydrogen-bond acceptors (Lipinski definition) is 6. The molecule has 1 saturated heterocycles. The Bertz CT molecular complexity index is 982. The number of nitrogens with zero attached hydrogens (tertiary/aromatic N) is 3. The number of hydrogen-bond donors (Lipinski definition) is 2. The Morgan fingerprint density at radius 2 is 1.74 bits per heavy atom. The summed E-state index contributed by atoms with van der Waals surface area (Å²) in [5.74, 6) is 0.536. The molecule has 35 heavy (non-hydrogen) atoms. The number of thiazole rings is 1.